The van der Waals surface area contributed by atoms with Crippen molar-refractivity contribution in [3.63, 3.8) is 0 Å². The van der Waals surface area contributed by atoms with E-state index in [4.69, 9.17) is 4.74 Å². The van der Waals surface area contributed by atoms with Crippen molar-refractivity contribution in [2.24, 2.45) is 0 Å². The number of nitrogens with zero attached hydrogens (tertiary/aromatic N) is 2. The van der Waals surface area contributed by atoms with Crippen LogP contribution in [0.3, 0.4) is 0 Å². The lowest BCUT2D eigenvalue weighted by molar-refractivity contribution is -0.117. The van der Waals surface area contributed by atoms with Crippen LogP contribution in [0.25, 0.3) is 6.08 Å². The summed E-state index contributed by atoms with van der Waals surface area (Å²) in [5.74, 6) is -1.41. The van der Waals surface area contributed by atoms with Crippen LogP contribution in [0.5, 0.6) is 0 Å². The molecule has 154 valence electrons. The van der Waals surface area contributed by atoms with E-state index in [-0.39, 0.29) is 5.57 Å². The Labute approximate surface area is 173 Å². The smallest absolute Gasteiger partial charge is 0.337 e. The molecule has 0 atom stereocenters. The highest BCUT2D eigenvalue weighted by molar-refractivity contribution is 6.31. The Kier molecular flexibility index (Phi) is 5.49. The topological polar surface area (TPSA) is 88.2 Å². The van der Waals surface area contributed by atoms with Crippen molar-refractivity contribution >= 4 is 35.2 Å². The van der Waals surface area contributed by atoms with Gasteiger partial charge in [-0.2, -0.15) is 0 Å². The third-order valence-corrected chi connectivity index (χ3v) is 5.02. The van der Waals surface area contributed by atoms with E-state index in [0.29, 0.717) is 24.5 Å². The number of amides is 2. The van der Waals surface area contributed by atoms with Crippen molar-refractivity contribution in [3.05, 3.63) is 65.2 Å². The Morgan fingerprint density at radius 3 is 2.27 bits per heavy atom. The lowest BCUT2D eigenvalue weighted by Crippen LogP contribution is -2.36. The van der Waals surface area contributed by atoms with Crippen molar-refractivity contribution in [2.45, 2.75) is 0 Å². The minimum Gasteiger partial charge on any atom is -0.465 e. The molecule has 2 heterocycles. The SMILES string of the molecule is COC(=O)c1ccc(N2NC(=O)/C(=C/c3ccc(N4CCOCC4)cc3)C2=O)cc1. The fraction of sp³-hybridized carbons (Fsp3) is 0.227. The number of carbonyl (C=O) groups is 3. The van der Waals surface area contributed by atoms with Gasteiger partial charge in [0.25, 0.3) is 11.8 Å². The average Bonchev–Trinajstić information content (AvgIpc) is 3.08. The number of carbonyl (C=O) groups excluding carboxylic acids is 3. The molecule has 0 saturated carbocycles. The van der Waals surface area contributed by atoms with Gasteiger partial charge < -0.3 is 14.4 Å². The molecule has 2 aliphatic heterocycles. The van der Waals surface area contributed by atoms with Gasteiger partial charge in [0.05, 0.1) is 31.6 Å². The number of hydrogen-bond donors (Lipinski definition) is 1. The van der Waals surface area contributed by atoms with Crippen molar-refractivity contribution < 1.29 is 23.9 Å². The Morgan fingerprint density at radius 2 is 1.63 bits per heavy atom. The number of hydrogen-bond acceptors (Lipinski definition) is 6. The molecule has 1 N–H and O–H groups in total. The summed E-state index contributed by atoms with van der Waals surface area (Å²) in [6.45, 7) is 3.09. The lowest BCUT2D eigenvalue weighted by atomic mass is 10.1. The fourth-order valence-corrected chi connectivity index (χ4v) is 3.37. The zero-order valence-corrected chi connectivity index (χ0v) is 16.5. The Balaban J connectivity index is 1.51. The van der Waals surface area contributed by atoms with E-state index in [0.717, 1.165) is 29.3 Å². The first kappa shape index (κ1) is 19.7. The molecule has 0 bridgehead atoms. The molecule has 2 aromatic carbocycles. The molecule has 0 unspecified atom stereocenters. The number of hydrazine groups is 1. The van der Waals surface area contributed by atoms with Gasteiger partial charge in [-0.15, -0.1) is 0 Å². The predicted molar refractivity (Wildman–Crippen MR) is 111 cm³/mol. The van der Waals surface area contributed by atoms with Crippen LogP contribution in [0.2, 0.25) is 0 Å². The van der Waals surface area contributed by atoms with Gasteiger partial charge in [0.2, 0.25) is 0 Å². The van der Waals surface area contributed by atoms with E-state index in [1.807, 2.05) is 24.3 Å². The maximum absolute atomic E-state index is 12.8. The van der Waals surface area contributed by atoms with E-state index in [2.05, 4.69) is 15.1 Å². The standard InChI is InChI=1S/C22H21N3O5/c1-29-22(28)16-4-8-18(9-5-16)25-21(27)19(20(26)23-25)14-15-2-6-17(7-3-15)24-10-12-30-13-11-24/h2-9,14H,10-13H2,1H3,(H,23,26)/b19-14-. The van der Waals surface area contributed by atoms with Crippen molar-refractivity contribution in [1.82, 2.24) is 5.43 Å². The number of methoxy groups -OCH3 is 1. The molecule has 2 amide bonds. The average molecular weight is 407 g/mol. The lowest BCUT2D eigenvalue weighted by Gasteiger charge is -2.28. The Bertz CT molecular complexity index is 992. The zero-order valence-electron chi connectivity index (χ0n) is 16.5. The molecule has 2 fully saturated rings. The molecule has 4 rings (SSSR count). The molecule has 0 spiro atoms. The van der Waals surface area contributed by atoms with E-state index in [9.17, 15) is 14.4 Å². The second-order valence-corrected chi connectivity index (χ2v) is 6.87. The summed E-state index contributed by atoms with van der Waals surface area (Å²) in [5.41, 5.74) is 5.25. The van der Waals surface area contributed by atoms with Crippen molar-refractivity contribution in [3.8, 4) is 0 Å². The molecule has 8 nitrogen and oxygen atoms in total. The van der Waals surface area contributed by atoms with Crippen LogP contribution in [0.1, 0.15) is 15.9 Å². The van der Waals surface area contributed by atoms with E-state index in [1.54, 1.807) is 18.2 Å². The zero-order chi connectivity index (χ0) is 21.1. The summed E-state index contributed by atoms with van der Waals surface area (Å²) < 4.78 is 10.0. The summed E-state index contributed by atoms with van der Waals surface area (Å²) in [4.78, 5) is 38.9. The molecular weight excluding hydrogens is 386 g/mol. The number of rotatable bonds is 4. The molecule has 0 aliphatic carbocycles. The van der Waals surface area contributed by atoms with Gasteiger partial charge in [0.1, 0.15) is 5.57 Å². The number of esters is 1. The molecule has 0 aromatic heterocycles. The molecule has 2 saturated heterocycles. The second kappa shape index (κ2) is 8.38. The van der Waals surface area contributed by atoms with E-state index < -0.39 is 17.8 Å². The summed E-state index contributed by atoms with van der Waals surface area (Å²) >= 11 is 0. The highest BCUT2D eigenvalue weighted by Crippen LogP contribution is 2.23. The maximum Gasteiger partial charge on any atom is 0.337 e. The van der Waals surface area contributed by atoms with Crippen LogP contribution < -0.4 is 15.3 Å². The number of morpholine rings is 1. The Morgan fingerprint density at radius 1 is 1.00 bits per heavy atom. The van der Waals surface area contributed by atoms with Crippen LogP contribution in [-0.2, 0) is 19.1 Å². The highest BCUT2D eigenvalue weighted by Gasteiger charge is 2.34. The third kappa shape index (κ3) is 3.90. The second-order valence-electron chi connectivity index (χ2n) is 6.87. The van der Waals surface area contributed by atoms with Crippen molar-refractivity contribution in [1.29, 1.82) is 0 Å². The molecule has 0 radical (unpaired) electrons. The largest absolute Gasteiger partial charge is 0.465 e. The number of ether oxygens (including phenoxy) is 2. The van der Waals surface area contributed by atoms with Gasteiger partial charge >= 0.3 is 5.97 Å². The van der Waals surface area contributed by atoms with Crippen LogP contribution >= 0.6 is 0 Å². The summed E-state index contributed by atoms with van der Waals surface area (Å²) in [6, 6.07) is 13.9. The van der Waals surface area contributed by atoms with E-state index in [1.165, 1.54) is 19.2 Å². The number of anilines is 2. The van der Waals surface area contributed by atoms with Crippen LogP contribution in [0.4, 0.5) is 11.4 Å². The van der Waals surface area contributed by atoms with Gasteiger partial charge in [-0.1, -0.05) is 12.1 Å². The minimum absolute atomic E-state index is 0.0474. The van der Waals surface area contributed by atoms with Gasteiger partial charge in [0, 0.05) is 18.8 Å². The van der Waals surface area contributed by atoms with Crippen LogP contribution in [0, 0.1) is 0 Å². The normalized spacial score (nSPS) is 18.0. The fourth-order valence-electron chi connectivity index (χ4n) is 3.37. The van der Waals surface area contributed by atoms with Crippen molar-refractivity contribution in [2.75, 3.05) is 43.3 Å². The monoisotopic (exact) mass is 407 g/mol. The summed E-state index contributed by atoms with van der Waals surface area (Å²) in [7, 11) is 1.30. The van der Waals surface area contributed by atoms with Gasteiger partial charge in [-0.25, -0.2) is 9.80 Å². The first-order valence-corrected chi connectivity index (χ1v) is 9.55. The maximum atomic E-state index is 12.8. The Hall–Kier alpha value is -3.65. The van der Waals surface area contributed by atoms with Gasteiger partial charge in [-0.05, 0) is 48.0 Å². The van der Waals surface area contributed by atoms with Gasteiger partial charge in [0.15, 0.2) is 0 Å². The number of benzene rings is 2. The molecule has 2 aromatic rings. The molecule has 30 heavy (non-hydrogen) atoms. The summed E-state index contributed by atoms with van der Waals surface area (Å²) in [5, 5.41) is 1.16. The molecule has 8 heteroatoms. The predicted octanol–water partition coefficient (Wildman–Crippen LogP) is 1.77. The van der Waals surface area contributed by atoms with Crippen LogP contribution in [-0.4, -0.2) is 51.2 Å². The third-order valence-electron chi connectivity index (χ3n) is 5.02. The first-order chi connectivity index (χ1) is 14.6. The number of nitrogens with one attached hydrogen (secondary N) is 1. The van der Waals surface area contributed by atoms with E-state index >= 15 is 0 Å². The molecule has 2 aliphatic rings. The minimum atomic E-state index is -0.477. The first-order valence-electron chi connectivity index (χ1n) is 9.55. The highest BCUT2D eigenvalue weighted by atomic mass is 16.5. The van der Waals surface area contributed by atoms with Crippen LogP contribution in [0.15, 0.2) is 54.1 Å². The van der Waals surface area contributed by atoms with Gasteiger partial charge in [-0.3, -0.25) is 15.0 Å². The quantitative estimate of drug-likeness (QED) is 0.472. The summed E-state index contributed by atoms with van der Waals surface area (Å²) in [6.07, 6.45) is 1.57. The molecular formula is C22H21N3O5.